The molecule has 9 heteroatoms. The first-order valence-corrected chi connectivity index (χ1v) is 10.4. The maximum atomic E-state index is 12.5. The van der Waals surface area contributed by atoms with Gasteiger partial charge in [-0.1, -0.05) is 17.6 Å². The summed E-state index contributed by atoms with van der Waals surface area (Å²) in [6, 6.07) is -0.148. The Morgan fingerprint density at radius 1 is 1.29 bits per heavy atom. The predicted octanol–water partition coefficient (Wildman–Crippen LogP) is 1.10. The molecule has 1 aliphatic heterocycles. The lowest BCUT2D eigenvalue weighted by atomic mass is 10.2. The summed E-state index contributed by atoms with van der Waals surface area (Å²) in [5, 5.41) is 0. The minimum Gasteiger partial charge on any atom is -0.336 e. The number of aromatic nitrogens is 2. The van der Waals surface area contributed by atoms with E-state index in [1.54, 1.807) is 26.4 Å². The van der Waals surface area contributed by atoms with Gasteiger partial charge < -0.3 is 4.57 Å². The van der Waals surface area contributed by atoms with Crippen molar-refractivity contribution in [1.29, 1.82) is 0 Å². The molecule has 1 aromatic rings. The largest absolute Gasteiger partial charge is 0.336 e. The van der Waals surface area contributed by atoms with Gasteiger partial charge in [0.1, 0.15) is 0 Å². The van der Waals surface area contributed by atoms with Gasteiger partial charge in [0.15, 0.2) is 0 Å². The molecule has 120 valence electrons. The molecule has 1 atom stereocenters. The average molecular weight is 334 g/mol. The Hall–Kier alpha value is -0.930. The summed E-state index contributed by atoms with van der Waals surface area (Å²) < 4.78 is 44.2. The zero-order valence-corrected chi connectivity index (χ0v) is 14.0. The Morgan fingerprint density at radius 2 is 2.00 bits per heavy atom. The van der Waals surface area contributed by atoms with Gasteiger partial charge in [0, 0.05) is 43.0 Å². The quantitative estimate of drug-likeness (QED) is 0.780. The molecule has 0 amide bonds. The molecule has 2 heterocycles. The van der Waals surface area contributed by atoms with Crippen molar-refractivity contribution in [1.82, 2.24) is 13.9 Å². The molecule has 0 bridgehead atoms. The molecule has 21 heavy (non-hydrogen) atoms. The van der Waals surface area contributed by atoms with E-state index in [1.807, 2.05) is 10.8 Å². The summed E-state index contributed by atoms with van der Waals surface area (Å²) in [6.07, 6.45) is 6.72. The Morgan fingerprint density at radius 3 is 2.57 bits per heavy atom. The van der Waals surface area contributed by atoms with E-state index >= 15 is 0 Å². The molecule has 0 N–H and O–H groups in total. The molecule has 1 saturated heterocycles. The van der Waals surface area contributed by atoms with Crippen LogP contribution in [-0.4, -0.2) is 50.6 Å². The van der Waals surface area contributed by atoms with Crippen molar-refractivity contribution in [2.75, 3.05) is 18.1 Å². The molecule has 0 spiro atoms. The fourth-order valence-electron chi connectivity index (χ4n) is 2.46. The highest BCUT2D eigenvalue weighted by molar-refractivity contribution is 8.02. The van der Waals surface area contributed by atoms with Crippen molar-refractivity contribution in [2.24, 2.45) is 3.77 Å². The first kappa shape index (κ1) is 16.4. The van der Waals surface area contributed by atoms with Gasteiger partial charge in [-0.05, 0) is 12.8 Å². The first-order valence-electron chi connectivity index (χ1n) is 7.11. The molecule has 7 nitrogen and oxygen atoms in total. The topological polar surface area (TPSA) is 84.6 Å². The van der Waals surface area contributed by atoms with E-state index in [0.29, 0.717) is 13.1 Å². The second kappa shape index (κ2) is 6.45. The molecule has 0 aliphatic carbocycles. The Bertz CT molecular complexity index is 665. The van der Waals surface area contributed by atoms with Crippen molar-refractivity contribution < 1.29 is 12.6 Å². The number of imidazole rings is 1. The summed E-state index contributed by atoms with van der Waals surface area (Å²) >= 11 is 0. The van der Waals surface area contributed by atoms with Gasteiger partial charge in [0.25, 0.3) is 0 Å². The average Bonchev–Trinajstić information content (AvgIpc) is 3.10. The van der Waals surface area contributed by atoms with Crippen LogP contribution in [0, 0.1) is 0 Å². The third kappa shape index (κ3) is 3.83. The fourth-order valence-corrected chi connectivity index (χ4v) is 6.33. The summed E-state index contributed by atoms with van der Waals surface area (Å²) in [6.45, 7) is 4.40. The van der Waals surface area contributed by atoms with Gasteiger partial charge in [-0.2, -0.15) is 12.7 Å². The van der Waals surface area contributed by atoms with E-state index in [-0.39, 0.29) is 17.5 Å². The highest BCUT2D eigenvalue weighted by Crippen LogP contribution is 2.24. The van der Waals surface area contributed by atoms with Crippen LogP contribution in [0.15, 0.2) is 22.5 Å². The predicted molar refractivity (Wildman–Crippen MR) is 82.5 cm³/mol. The van der Waals surface area contributed by atoms with Gasteiger partial charge >= 0.3 is 10.2 Å². The van der Waals surface area contributed by atoms with E-state index < -0.39 is 19.9 Å². The highest BCUT2D eigenvalue weighted by Gasteiger charge is 2.35. The van der Waals surface area contributed by atoms with E-state index in [9.17, 15) is 12.6 Å². The van der Waals surface area contributed by atoms with Gasteiger partial charge in [0.05, 0.1) is 16.1 Å². The van der Waals surface area contributed by atoms with Crippen LogP contribution in [0.2, 0.25) is 0 Å². The molecule has 0 radical (unpaired) electrons. The summed E-state index contributed by atoms with van der Waals surface area (Å²) in [7, 11) is -6.51. The van der Waals surface area contributed by atoms with Crippen molar-refractivity contribution in [3.63, 3.8) is 0 Å². The lowest BCUT2D eigenvalue weighted by Gasteiger charge is -2.22. The van der Waals surface area contributed by atoms with Gasteiger partial charge in [-0.15, -0.1) is 0 Å². The molecule has 0 aromatic carbocycles. The fraction of sp³-hybridized carbons (Fsp3) is 0.750. The van der Waals surface area contributed by atoms with E-state index in [1.165, 1.54) is 4.31 Å². The van der Waals surface area contributed by atoms with Crippen LogP contribution >= 0.6 is 0 Å². The third-order valence-electron chi connectivity index (χ3n) is 3.73. The Labute approximate surface area is 126 Å². The van der Waals surface area contributed by atoms with Crippen molar-refractivity contribution >= 4 is 19.9 Å². The van der Waals surface area contributed by atoms with E-state index in [0.717, 1.165) is 12.8 Å². The van der Waals surface area contributed by atoms with Crippen LogP contribution < -0.4 is 0 Å². The maximum absolute atomic E-state index is 12.5. The van der Waals surface area contributed by atoms with Crippen molar-refractivity contribution in [2.45, 2.75) is 39.3 Å². The smallest absolute Gasteiger partial charge is 0.330 e. The van der Waals surface area contributed by atoms with Crippen LogP contribution in [0.3, 0.4) is 0 Å². The van der Waals surface area contributed by atoms with E-state index in [4.69, 9.17) is 0 Å². The third-order valence-corrected chi connectivity index (χ3v) is 8.45. The molecule has 2 rings (SSSR count). The maximum Gasteiger partial charge on any atom is 0.330 e. The number of hydrogen-bond acceptors (Lipinski definition) is 4. The van der Waals surface area contributed by atoms with Crippen molar-refractivity contribution in [3.8, 4) is 0 Å². The molecule has 1 aliphatic rings. The van der Waals surface area contributed by atoms with Crippen LogP contribution in [-0.2, 0) is 26.5 Å². The standard InChI is InChI=1S/C12H22N4O3S2/c1-3-20(17,4-2)14-21(18,19)16-8-5-6-12(16)10-15-9-7-13-11-15/h7,9,11-12H,3-6,8,10H2,1-2H3/t12-/m1/s1. The van der Waals surface area contributed by atoms with Gasteiger partial charge in [0.2, 0.25) is 0 Å². The van der Waals surface area contributed by atoms with Crippen LogP contribution in [0.5, 0.6) is 0 Å². The SMILES string of the molecule is CCS(=O)(CC)=NS(=O)(=O)N1CCC[C@@H]1Cn1ccnc1. The monoisotopic (exact) mass is 334 g/mol. The number of rotatable bonds is 6. The minimum atomic E-state index is -3.85. The number of nitrogens with zero attached hydrogens (tertiary/aromatic N) is 4. The normalized spacial score (nSPS) is 20.8. The molecular formula is C12H22N4O3S2. The number of hydrogen-bond donors (Lipinski definition) is 0. The second-order valence-electron chi connectivity index (χ2n) is 5.07. The zero-order chi connectivity index (χ0) is 15.5. The van der Waals surface area contributed by atoms with Crippen LogP contribution in [0.1, 0.15) is 26.7 Å². The molecule has 1 fully saturated rings. The minimum absolute atomic E-state index is 0.148. The highest BCUT2D eigenvalue weighted by atomic mass is 32.3. The Kier molecular flexibility index (Phi) is 5.05. The second-order valence-corrected chi connectivity index (χ2v) is 9.73. The Balaban J connectivity index is 2.24. The van der Waals surface area contributed by atoms with Gasteiger partial charge in [-0.25, -0.2) is 9.19 Å². The van der Waals surface area contributed by atoms with Crippen molar-refractivity contribution in [3.05, 3.63) is 18.7 Å². The summed E-state index contributed by atoms with van der Waals surface area (Å²) in [5.41, 5.74) is 0. The molecule has 1 aromatic heterocycles. The zero-order valence-electron chi connectivity index (χ0n) is 12.4. The lowest BCUT2D eigenvalue weighted by Crippen LogP contribution is -2.37. The lowest BCUT2D eigenvalue weighted by molar-refractivity contribution is 0.353. The summed E-state index contributed by atoms with van der Waals surface area (Å²) in [4.78, 5) is 3.96. The van der Waals surface area contributed by atoms with Gasteiger partial charge in [-0.3, -0.25) is 0 Å². The first-order chi connectivity index (χ1) is 9.90. The summed E-state index contributed by atoms with van der Waals surface area (Å²) in [5.74, 6) is 0.505. The van der Waals surface area contributed by atoms with Crippen LogP contribution in [0.4, 0.5) is 0 Å². The van der Waals surface area contributed by atoms with Crippen LogP contribution in [0.25, 0.3) is 0 Å². The van der Waals surface area contributed by atoms with E-state index in [2.05, 4.69) is 8.75 Å². The molecular weight excluding hydrogens is 312 g/mol. The molecule has 0 unspecified atom stereocenters. The molecule has 0 saturated carbocycles.